The SMILES string of the molecule is CCOC(=O)CN(Cc1ccccc1)C(=O)/C=C/c1cnc2ccccn12. The minimum absolute atomic E-state index is 0.0982. The molecular weight excluding hydrogens is 342 g/mol. The van der Waals surface area contributed by atoms with E-state index in [4.69, 9.17) is 4.74 Å². The van der Waals surface area contributed by atoms with E-state index in [0.29, 0.717) is 6.54 Å². The number of amides is 1. The van der Waals surface area contributed by atoms with Crippen LogP contribution in [-0.4, -0.2) is 39.3 Å². The topological polar surface area (TPSA) is 63.9 Å². The number of aromatic nitrogens is 2. The van der Waals surface area contributed by atoms with Crippen LogP contribution in [0.5, 0.6) is 0 Å². The van der Waals surface area contributed by atoms with Gasteiger partial charge in [0.15, 0.2) is 0 Å². The van der Waals surface area contributed by atoms with Gasteiger partial charge in [0.25, 0.3) is 0 Å². The van der Waals surface area contributed by atoms with Crippen molar-refractivity contribution in [3.05, 3.63) is 78.3 Å². The van der Waals surface area contributed by atoms with Crippen molar-refractivity contribution in [3.8, 4) is 0 Å². The monoisotopic (exact) mass is 363 g/mol. The first-order valence-electron chi connectivity index (χ1n) is 8.76. The number of fused-ring (bicyclic) bond motifs is 1. The number of esters is 1. The van der Waals surface area contributed by atoms with E-state index in [9.17, 15) is 9.59 Å². The number of hydrogen-bond acceptors (Lipinski definition) is 4. The van der Waals surface area contributed by atoms with Crippen molar-refractivity contribution in [2.45, 2.75) is 13.5 Å². The number of carbonyl (C=O) groups is 2. The lowest BCUT2D eigenvalue weighted by Crippen LogP contribution is -2.35. The Balaban J connectivity index is 1.77. The van der Waals surface area contributed by atoms with Crippen LogP contribution in [0.25, 0.3) is 11.7 Å². The molecule has 27 heavy (non-hydrogen) atoms. The predicted octanol–water partition coefficient (Wildman–Crippen LogP) is 2.94. The van der Waals surface area contributed by atoms with Gasteiger partial charge in [-0.1, -0.05) is 36.4 Å². The first kappa shape index (κ1) is 18.4. The Bertz CT molecular complexity index is 947. The molecular formula is C21H21N3O3. The molecule has 0 radical (unpaired) electrons. The maximum atomic E-state index is 12.7. The van der Waals surface area contributed by atoms with Crippen molar-refractivity contribution in [1.29, 1.82) is 0 Å². The molecule has 2 heterocycles. The second-order valence-corrected chi connectivity index (χ2v) is 5.93. The van der Waals surface area contributed by atoms with E-state index in [1.165, 1.54) is 11.0 Å². The fraction of sp³-hybridized carbons (Fsp3) is 0.190. The lowest BCUT2D eigenvalue weighted by Gasteiger charge is -2.20. The maximum Gasteiger partial charge on any atom is 0.325 e. The molecule has 0 atom stereocenters. The molecule has 2 aromatic heterocycles. The molecule has 3 aromatic rings. The zero-order valence-electron chi connectivity index (χ0n) is 15.1. The van der Waals surface area contributed by atoms with Gasteiger partial charge in [-0.25, -0.2) is 4.98 Å². The summed E-state index contributed by atoms with van der Waals surface area (Å²) in [5.74, 6) is -0.692. The predicted molar refractivity (Wildman–Crippen MR) is 103 cm³/mol. The fourth-order valence-corrected chi connectivity index (χ4v) is 2.72. The highest BCUT2D eigenvalue weighted by molar-refractivity contribution is 5.93. The number of rotatable bonds is 7. The molecule has 0 unspecified atom stereocenters. The third-order valence-electron chi connectivity index (χ3n) is 4.00. The molecule has 138 valence electrons. The van der Waals surface area contributed by atoms with Gasteiger partial charge in [0.2, 0.25) is 5.91 Å². The minimum atomic E-state index is -0.426. The lowest BCUT2D eigenvalue weighted by molar-refractivity contribution is -0.148. The van der Waals surface area contributed by atoms with Crippen LogP contribution in [0.1, 0.15) is 18.2 Å². The van der Waals surface area contributed by atoms with Gasteiger partial charge in [0, 0.05) is 18.8 Å². The van der Waals surface area contributed by atoms with Crippen molar-refractivity contribution in [1.82, 2.24) is 14.3 Å². The average Bonchev–Trinajstić information content (AvgIpc) is 3.10. The second-order valence-electron chi connectivity index (χ2n) is 5.93. The van der Waals surface area contributed by atoms with Crippen molar-refractivity contribution in [3.63, 3.8) is 0 Å². The van der Waals surface area contributed by atoms with Gasteiger partial charge < -0.3 is 14.0 Å². The zero-order chi connectivity index (χ0) is 19.1. The highest BCUT2D eigenvalue weighted by atomic mass is 16.5. The Morgan fingerprint density at radius 3 is 2.70 bits per heavy atom. The summed E-state index contributed by atoms with van der Waals surface area (Å²) in [7, 11) is 0. The van der Waals surface area contributed by atoms with Crippen LogP contribution in [0.4, 0.5) is 0 Å². The van der Waals surface area contributed by atoms with Gasteiger partial charge in [0.05, 0.1) is 18.5 Å². The quantitative estimate of drug-likeness (QED) is 0.478. The van der Waals surface area contributed by atoms with Crippen molar-refractivity contribution in [2.24, 2.45) is 0 Å². The van der Waals surface area contributed by atoms with Crippen LogP contribution in [0.15, 0.2) is 67.0 Å². The lowest BCUT2D eigenvalue weighted by atomic mass is 10.2. The summed E-state index contributed by atoms with van der Waals surface area (Å²) in [5.41, 5.74) is 2.53. The number of nitrogens with zero attached hydrogens (tertiary/aromatic N) is 3. The third-order valence-corrected chi connectivity index (χ3v) is 4.00. The number of imidazole rings is 1. The normalized spacial score (nSPS) is 11.0. The van der Waals surface area contributed by atoms with Crippen molar-refractivity contribution < 1.29 is 14.3 Å². The van der Waals surface area contributed by atoms with Crippen LogP contribution >= 0.6 is 0 Å². The molecule has 0 spiro atoms. The highest BCUT2D eigenvalue weighted by Gasteiger charge is 2.16. The largest absolute Gasteiger partial charge is 0.465 e. The number of ether oxygens (including phenoxy) is 1. The van der Waals surface area contributed by atoms with Gasteiger partial charge in [-0.05, 0) is 30.7 Å². The van der Waals surface area contributed by atoms with Crippen LogP contribution < -0.4 is 0 Å². The minimum Gasteiger partial charge on any atom is -0.465 e. The van der Waals surface area contributed by atoms with Gasteiger partial charge >= 0.3 is 5.97 Å². The smallest absolute Gasteiger partial charge is 0.325 e. The fourth-order valence-electron chi connectivity index (χ4n) is 2.72. The molecule has 6 heteroatoms. The highest BCUT2D eigenvalue weighted by Crippen LogP contribution is 2.10. The van der Waals surface area contributed by atoms with Crippen LogP contribution in [0, 0.1) is 0 Å². The van der Waals surface area contributed by atoms with Gasteiger partial charge in [-0.2, -0.15) is 0 Å². The van der Waals surface area contributed by atoms with E-state index in [0.717, 1.165) is 16.9 Å². The van der Waals surface area contributed by atoms with E-state index in [1.807, 2.05) is 59.1 Å². The molecule has 6 nitrogen and oxygen atoms in total. The summed E-state index contributed by atoms with van der Waals surface area (Å²) >= 11 is 0. The number of benzene rings is 1. The molecule has 0 aliphatic carbocycles. The summed E-state index contributed by atoms with van der Waals surface area (Å²) in [5, 5.41) is 0. The van der Waals surface area contributed by atoms with Crippen LogP contribution in [0.2, 0.25) is 0 Å². The summed E-state index contributed by atoms with van der Waals surface area (Å²) in [6.07, 6.45) is 6.74. The number of carbonyl (C=O) groups excluding carboxylic acids is 2. The Morgan fingerprint density at radius 2 is 1.93 bits per heavy atom. The van der Waals surface area contributed by atoms with Gasteiger partial charge in [-0.15, -0.1) is 0 Å². The van der Waals surface area contributed by atoms with Crippen molar-refractivity contribution in [2.75, 3.05) is 13.2 Å². The molecule has 1 amide bonds. The number of pyridine rings is 1. The first-order chi connectivity index (χ1) is 13.2. The molecule has 0 bridgehead atoms. The molecule has 1 aromatic carbocycles. The molecule has 0 fully saturated rings. The van der Waals surface area contributed by atoms with E-state index in [1.54, 1.807) is 19.2 Å². The summed E-state index contributed by atoms with van der Waals surface area (Å²) in [6.45, 7) is 2.25. The first-order valence-corrected chi connectivity index (χ1v) is 8.76. The van der Waals surface area contributed by atoms with E-state index >= 15 is 0 Å². The Morgan fingerprint density at radius 1 is 1.15 bits per heavy atom. The van der Waals surface area contributed by atoms with Crippen LogP contribution in [0.3, 0.4) is 0 Å². The zero-order valence-corrected chi connectivity index (χ0v) is 15.1. The van der Waals surface area contributed by atoms with Gasteiger partial charge in [-0.3, -0.25) is 9.59 Å². The molecule has 0 saturated carbocycles. The Hall–Kier alpha value is -3.41. The van der Waals surface area contributed by atoms with E-state index in [-0.39, 0.29) is 19.1 Å². The molecule has 0 N–H and O–H groups in total. The standard InChI is InChI=1S/C21H21N3O3/c1-2-27-21(26)16-23(15-17-8-4-3-5-9-17)20(25)12-11-18-14-22-19-10-6-7-13-24(18)19/h3-14H,2,15-16H2,1H3/b12-11+. The molecule has 0 aliphatic rings. The van der Waals surface area contributed by atoms with Crippen molar-refractivity contribution >= 4 is 23.6 Å². The van der Waals surface area contributed by atoms with E-state index < -0.39 is 5.97 Å². The average molecular weight is 363 g/mol. The summed E-state index contributed by atoms with van der Waals surface area (Å²) < 4.78 is 6.88. The Labute approximate surface area is 157 Å². The molecule has 0 saturated heterocycles. The summed E-state index contributed by atoms with van der Waals surface area (Å²) in [4.78, 5) is 30.4. The van der Waals surface area contributed by atoms with Crippen LogP contribution in [-0.2, 0) is 20.9 Å². The second kappa shape index (κ2) is 8.80. The van der Waals surface area contributed by atoms with E-state index in [2.05, 4.69) is 4.98 Å². The number of hydrogen-bond donors (Lipinski definition) is 0. The van der Waals surface area contributed by atoms with Gasteiger partial charge in [0.1, 0.15) is 12.2 Å². The molecule has 0 aliphatic heterocycles. The maximum absolute atomic E-state index is 12.7. The Kier molecular flexibility index (Phi) is 5.99. The molecule has 3 rings (SSSR count). The summed E-state index contributed by atoms with van der Waals surface area (Å²) in [6, 6.07) is 15.2. The third kappa shape index (κ3) is 4.82.